The van der Waals surface area contributed by atoms with Gasteiger partial charge in [0.15, 0.2) is 0 Å². The molecule has 2 amide bonds. The molecule has 0 radical (unpaired) electrons. The van der Waals surface area contributed by atoms with E-state index >= 15 is 0 Å². The molecule has 2 heterocycles. The molecule has 0 saturated carbocycles. The first kappa shape index (κ1) is 31.6. The predicted molar refractivity (Wildman–Crippen MR) is 175 cm³/mol. The molecule has 0 spiro atoms. The summed E-state index contributed by atoms with van der Waals surface area (Å²) in [5.74, 6) is -0.504. The van der Waals surface area contributed by atoms with Gasteiger partial charge in [0.2, 0.25) is 5.91 Å². The summed E-state index contributed by atoms with van der Waals surface area (Å²) >= 11 is 0. The maximum Gasteiger partial charge on any atom is 0.277 e. The molecule has 1 aromatic heterocycles. The van der Waals surface area contributed by atoms with E-state index in [4.69, 9.17) is 0 Å². The highest BCUT2D eigenvalue weighted by atomic mass is 19.1. The van der Waals surface area contributed by atoms with Crippen molar-refractivity contribution in [3.05, 3.63) is 111 Å². The highest BCUT2D eigenvalue weighted by Crippen LogP contribution is 2.28. The van der Waals surface area contributed by atoms with Gasteiger partial charge in [-0.25, -0.2) is 9.37 Å². The van der Waals surface area contributed by atoms with E-state index in [1.165, 1.54) is 18.3 Å². The monoisotopic (exact) mass is 610 g/mol. The number of rotatable bonds is 10. The van der Waals surface area contributed by atoms with E-state index < -0.39 is 11.6 Å². The molecule has 3 aromatic carbocycles. The lowest BCUT2D eigenvalue weighted by Crippen LogP contribution is -2.38. The smallest absolute Gasteiger partial charge is 0.277 e. The Bertz CT molecular complexity index is 1760. The van der Waals surface area contributed by atoms with Gasteiger partial charge in [0, 0.05) is 37.0 Å². The van der Waals surface area contributed by atoms with Gasteiger partial charge in [-0.1, -0.05) is 24.3 Å². The minimum atomic E-state index is -0.518. The quantitative estimate of drug-likeness (QED) is 0.244. The highest BCUT2D eigenvalue weighted by Gasteiger charge is 2.20. The molecular formula is C35H39FN6O3. The number of nitrogens with zero attached hydrogens (tertiary/aromatic N) is 3. The van der Waals surface area contributed by atoms with Crippen LogP contribution < -0.4 is 26.4 Å². The Morgan fingerprint density at radius 2 is 1.67 bits per heavy atom. The fourth-order valence-corrected chi connectivity index (χ4v) is 5.57. The van der Waals surface area contributed by atoms with Crippen LogP contribution in [0.25, 0.3) is 11.4 Å². The molecule has 1 atom stereocenters. The third-order valence-electron chi connectivity index (χ3n) is 8.27. The van der Waals surface area contributed by atoms with Crippen LogP contribution in [0.3, 0.4) is 0 Å². The minimum Gasteiger partial charge on any atom is -0.372 e. The van der Waals surface area contributed by atoms with Crippen molar-refractivity contribution in [1.29, 1.82) is 0 Å². The molecule has 4 aromatic rings. The Hall–Kier alpha value is -4.83. The molecule has 0 aliphatic carbocycles. The first-order valence-electron chi connectivity index (χ1n) is 15.2. The van der Waals surface area contributed by atoms with Gasteiger partial charge in [-0.2, -0.15) is 0 Å². The van der Waals surface area contributed by atoms with Gasteiger partial charge in [0.25, 0.3) is 11.5 Å². The first-order valence-corrected chi connectivity index (χ1v) is 15.2. The number of carbonyl (C=O) groups excluding carboxylic acids is 2. The van der Waals surface area contributed by atoms with Crippen LogP contribution in [0.15, 0.2) is 71.7 Å². The number of nitrogens with one attached hydrogen (secondary N) is 3. The maximum atomic E-state index is 14.1. The number of hydrogen-bond acceptors (Lipinski definition) is 6. The third kappa shape index (κ3) is 7.29. The van der Waals surface area contributed by atoms with Crippen LogP contribution in [0.1, 0.15) is 52.4 Å². The molecule has 10 heteroatoms. The fourth-order valence-electron chi connectivity index (χ4n) is 5.57. The summed E-state index contributed by atoms with van der Waals surface area (Å²) in [6.07, 6.45) is 4.19. The van der Waals surface area contributed by atoms with E-state index in [9.17, 15) is 18.8 Å². The lowest BCUT2D eigenvalue weighted by Gasteiger charge is -2.21. The van der Waals surface area contributed by atoms with Crippen molar-refractivity contribution in [2.75, 3.05) is 37.4 Å². The van der Waals surface area contributed by atoms with Crippen LogP contribution >= 0.6 is 0 Å². The number of aryl methyl sites for hydroxylation is 1. The van der Waals surface area contributed by atoms with Crippen molar-refractivity contribution in [3.8, 4) is 11.4 Å². The first-order chi connectivity index (χ1) is 21.7. The van der Waals surface area contributed by atoms with Gasteiger partial charge in [-0.05, 0) is 98.8 Å². The van der Waals surface area contributed by atoms with Gasteiger partial charge >= 0.3 is 0 Å². The van der Waals surface area contributed by atoms with Crippen LogP contribution in [0.2, 0.25) is 0 Å². The summed E-state index contributed by atoms with van der Waals surface area (Å²) in [6.45, 7) is 5.67. The van der Waals surface area contributed by atoms with Crippen LogP contribution in [0.4, 0.5) is 15.8 Å². The third-order valence-corrected chi connectivity index (χ3v) is 8.27. The van der Waals surface area contributed by atoms with Crippen LogP contribution in [-0.2, 0) is 17.8 Å². The van der Waals surface area contributed by atoms with E-state index in [1.807, 2.05) is 13.0 Å². The zero-order valence-corrected chi connectivity index (χ0v) is 26.1. The van der Waals surface area contributed by atoms with Crippen molar-refractivity contribution in [2.45, 2.75) is 45.7 Å². The van der Waals surface area contributed by atoms with E-state index in [-0.39, 0.29) is 29.9 Å². The number of carbonyl (C=O) groups is 2. The lowest BCUT2D eigenvalue weighted by molar-refractivity contribution is -0.117. The molecule has 1 unspecified atom stereocenters. The van der Waals surface area contributed by atoms with Crippen molar-refractivity contribution in [3.63, 3.8) is 0 Å². The van der Waals surface area contributed by atoms with E-state index in [1.54, 1.807) is 49.9 Å². The number of likely N-dealkylation sites (N-methyl/N-ethyl adjacent to an activating group) is 1. The zero-order chi connectivity index (χ0) is 32.1. The summed E-state index contributed by atoms with van der Waals surface area (Å²) in [5, 5.41) is 8.25. The summed E-state index contributed by atoms with van der Waals surface area (Å²) in [4.78, 5) is 46.4. The van der Waals surface area contributed by atoms with Crippen molar-refractivity contribution < 1.29 is 14.0 Å². The molecule has 9 nitrogen and oxygen atoms in total. The number of hydrogen-bond donors (Lipinski definition) is 3. The molecule has 234 valence electrons. The molecule has 1 aliphatic heterocycles. The zero-order valence-electron chi connectivity index (χ0n) is 26.1. The van der Waals surface area contributed by atoms with Gasteiger partial charge in [0.1, 0.15) is 17.3 Å². The number of aromatic nitrogens is 2. The topological polar surface area (TPSA) is 108 Å². The molecule has 5 rings (SSSR count). The standard InChI is InChI=1S/C35H39FN6O3/c1-22-7-10-27(34(44)38-4)19-30(22)32-39-20-31(40-33(43)23(2)37-3)35(45)42(32)21-26-16-25(15-24-8-11-28(36)12-9-24)17-29(18-26)41-13-5-6-14-41/h7-12,16-20,23,37H,5-6,13-15,21H2,1-4H3,(H,38,44)(H,40,43). The van der Waals surface area contributed by atoms with Crippen molar-refractivity contribution >= 4 is 23.2 Å². The second kappa shape index (κ2) is 13.9. The van der Waals surface area contributed by atoms with E-state index in [0.717, 1.165) is 53.9 Å². The maximum absolute atomic E-state index is 14.1. The van der Waals surface area contributed by atoms with E-state index in [0.29, 0.717) is 23.4 Å². The highest BCUT2D eigenvalue weighted by molar-refractivity contribution is 5.95. The molecule has 0 bridgehead atoms. The summed E-state index contributed by atoms with van der Waals surface area (Å²) in [7, 11) is 3.24. The number of anilines is 2. The summed E-state index contributed by atoms with van der Waals surface area (Å²) in [5.41, 5.74) is 5.53. The molecular weight excluding hydrogens is 571 g/mol. The van der Waals surface area contributed by atoms with Crippen molar-refractivity contribution in [1.82, 2.24) is 20.2 Å². The normalized spacial score (nSPS) is 13.5. The minimum absolute atomic E-state index is 0.0631. The largest absolute Gasteiger partial charge is 0.372 e. The molecule has 3 N–H and O–H groups in total. The number of amides is 2. The fraction of sp³-hybridized carbons (Fsp3) is 0.314. The Morgan fingerprint density at radius 1 is 0.956 bits per heavy atom. The second-order valence-electron chi connectivity index (χ2n) is 11.5. The van der Waals surface area contributed by atoms with Crippen LogP contribution in [-0.4, -0.2) is 54.6 Å². The van der Waals surface area contributed by atoms with Gasteiger partial charge in [-0.3, -0.25) is 19.0 Å². The van der Waals surface area contributed by atoms with E-state index in [2.05, 4.69) is 44.0 Å². The Morgan fingerprint density at radius 3 is 2.36 bits per heavy atom. The molecule has 1 saturated heterocycles. The summed E-state index contributed by atoms with van der Waals surface area (Å²) in [6, 6.07) is 17.6. The number of benzene rings is 3. The van der Waals surface area contributed by atoms with Crippen molar-refractivity contribution in [2.24, 2.45) is 0 Å². The molecule has 45 heavy (non-hydrogen) atoms. The summed E-state index contributed by atoms with van der Waals surface area (Å²) < 4.78 is 15.2. The molecule has 1 fully saturated rings. The van der Waals surface area contributed by atoms with Crippen LogP contribution in [0.5, 0.6) is 0 Å². The van der Waals surface area contributed by atoms with Crippen LogP contribution in [0, 0.1) is 12.7 Å². The molecule has 1 aliphatic rings. The average Bonchev–Trinajstić information content (AvgIpc) is 3.59. The second-order valence-corrected chi connectivity index (χ2v) is 11.5. The Kier molecular flexibility index (Phi) is 9.73. The number of halogens is 1. The van der Waals surface area contributed by atoms with Gasteiger partial charge in [0.05, 0.1) is 18.8 Å². The Labute approximate surface area is 262 Å². The predicted octanol–water partition coefficient (Wildman–Crippen LogP) is 4.50. The van der Waals surface area contributed by atoms with Gasteiger partial charge < -0.3 is 20.9 Å². The van der Waals surface area contributed by atoms with Gasteiger partial charge in [-0.15, -0.1) is 0 Å². The Balaban J connectivity index is 1.63. The lowest BCUT2D eigenvalue weighted by atomic mass is 10.0. The average molecular weight is 611 g/mol. The SMILES string of the molecule is CNC(=O)c1ccc(C)c(-c2ncc(NC(=O)C(C)NC)c(=O)n2Cc2cc(Cc3ccc(F)cc3)cc(N3CCCC3)c2)c1.